The monoisotopic (exact) mass is 363 g/mol. The van der Waals surface area contributed by atoms with Gasteiger partial charge < -0.3 is 0 Å². The van der Waals surface area contributed by atoms with Crippen molar-refractivity contribution in [2.75, 3.05) is 0 Å². The van der Waals surface area contributed by atoms with Crippen LogP contribution in [0.3, 0.4) is 0 Å². The topological polar surface area (TPSA) is 19.7 Å². The van der Waals surface area contributed by atoms with Crippen LogP contribution in [0.15, 0.2) is 12.4 Å². The Balaban J connectivity index is 2.36. The van der Waals surface area contributed by atoms with Crippen LogP contribution >= 0.6 is 0 Å². The number of unbranched alkanes of at least 4 members (excludes halogenated alkanes) is 11. The van der Waals surface area contributed by atoms with Crippen molar-refractivity contribution in [2.45, 2.75) is 136 Å². The van der Waals surface area contributed by atoms with Crippen molar-refractivity contribution >= 4 is 0 Å². The third-order valence-corrected chi connectivity index (χ3v) is 5.71. The van der Waals surface area contributed by atoms with Crippen LogP contribution in [-0.2, 0) is 6.54 Å². The molecule has 26 heavy (non-hydrogen) atoms. The zero-order valence-electron chi connectivity index (χ0n) is 18.2. The number of hydrogen-bond donors (Lipinski definition) is 1. The lowest BCUT2D eigenvalue weighted by Gasteiger charge is -2.14. The van der Waals surface area contributed by atoms with Gasteiger partial charge in [-0.15, -0.1) is 0 Å². The molecule has 0 aliphatic rings. The number of nitrogens with zero attached hydrogens (tertiary/aromatic N) is 1. The number of aromatic nitrogens is 2. The van der Waals surface area contributed by atoms with Gasteiger partial charge in [-0.3, -0.25) is 0 Å². The van der Waals surface area contributed by atoms with Crippen LogP contribution in [0.4, 0.5) is 0 Å². The fourth-order valence-corrected chi connectivity index (χ4v) is 4.10. The average molecular weight is 364 g/mol. The highest BCUT2D eigenvalue weighted by molar-refractivity contribution is 4.90. The second-order valence-electron chi connectivity index (χ2n) is 8.20. The van der Waals surface area contributed by atoms with E-state index in [1.807, 2.05) is 0 Å². The molecular formula is C24H47N2+. The molecule has 1 atom stereocenters. The van der Waals surface area contributed by atoms with E-state index in [1.165, 1.54) is 109 Å². The number of hydrogen-bond acceptors (Lipinski definition) is 0. The summed E-state index contributed by atoms with van der Waals surface area (Å²) < 4.78 is 2.47. The van der Waals surface area contributed by atoms with Crippen LogP contribution in [0.25, 0.3) is 0 Å². The highest BCUT2D eigenvalue weighted by Crippen LogP contribution is 2.26. The van der Waals surface area contributed by atoms with Gasteiger partial charge >= 0.3 is 0 Å². The Hall–Kier alpha value is -0.790. The predicted molar refractivity (Wildman–Crippen MR) is 115 cm³/mol. The second kappa shape index (κ2) is 16.4. The molecule has 0 unspecified atom stereocenters. The SMILES string of the molecule is CCCCCCCCCC[C@H](CCCCCCC)c1[nH]cc[n+]1CCC. The van der Waals surface area contributed by atoms with Crippen LogP contribution < -0.4 is 4.57 Å². The van der Waals surface area contributed by atoms with E-state index in [0.717, 1.165) is 12.5 Å². The molecule has 0 aliphatic heterocycles. The molecule has 2 nitrogen and oxygen atoms in total. The van der Waals surface area contributed by atoms with Crippen molar-refractivity contribution < 1.29 is 4.57 Å². The number of H-pyrrole nitrogens is 1. The van der Waals surface area contributed by atoms with Crippen LogP contribution in [0.1, 0.15) is 135 Å². The summed E-state index contributed by atoms with van der Waals surface area (Å²) in [5.74, 6) is 2.23. The maximum absolute atomic E-state index is 3.58. The lowest BCUT2D eigenvalue weighted by Crippen LogP contribution is -2.37. The van der Waals surface area contributed by atoms with Crippen molar-refractivity contribution in [1.29, 1.82) is 0 Å². The maximum Gasteiger partial charge on any atom is 0.257 e. The Morgan fingerprint density at radius 2 is 1.19 bits per heavy atom. The van der Waals surface area contributed by atoms with Gasteiger partial charge in [0.1, 0.15) is 12.4 Å². The van der Waals surface area contributed by atoms with Crippen LogP contribution in [0, 0.1) is 0 Å². The van der Waals surface area contributed by atoms with E-state index in [9.17, 15) is 0 Å². The molecule has 0 spiro atoms. The quantitative estimate of drug-likeness (QED) is 0.204. The summed E-state index contributed by atoms with van der Waals surface area (Å²) in [6, 6.07) is 0. The molecule has 0 saturated carbocycles. The standard InChI is InChI=1S/C24H46N2/c1-4-7-9-11-12-13-15-17-19-23(18-16-14-10-8-5-2)24-25-20-22-26(24)21-6-3/h20,22-23H,4-19,21H2,1-3H3/p+1/t23-/m0/s1. The third-order valence-electron chi connectivity index (χ3n) is 5.71. The number of imidazole rings is 1. The molecule has 1 aromatic heterocycles. The molecule has 0 amide bonds. The largest absolute Gasteiger partial charge is 0.257 e. The summed E-state index contributed by atoms with van der Waals surface area (Å²) in [7, 11) is 0. The number of aryl methyl sites for hydroxylation is 1. The highest BCUT2D eigenvalue weighted by Gasteiger charge is 2.22. The lowest BCUT2D eigenvalue weighted by atomic mass is 9.93. The molecule has 0 saturated heterocycles. The number of rotatable bonds is 18. The third kappa shape index (κ3) is 10.4. The first-order valence-electron chi connectivity index (χ1n) is 11.9. The first-order chi connectivity index (χ1) is 12.8. The Morgan fingerprint density at radius 3 is 1.69 bits per heavy atom. The van der Waals surface area contributed by atoms with Gasteiger partial charge in [0.2, 0.25) is 0 Å². The van der Waals surface area contributed by atoms with E-state index in [1.54, 1.807) is 0 Å². The molecule has 152 valence electrons. The van der Waals surface area contributed by atoms with Crippen molar-refractivity contribution in [1.82, 2.24) is 4.98 Å². The zero-order chi connectivity index (χ0) is 18.9. The van der Waals surface area contributed by atoms with Gasteiger partial charge in [0.05, 0.1) is 12.5 Å². The maximum atomic E-state index is 3.58. The Labute approximate surface area is 164 Å². The van der Waals surface area contributed by atoms with Gasteiger partial charge in [-0.05, 0) is 19.3 Å². The van der Waals surface area contributed by atoms with Crippen molar-refractivity contribution in [3.05, 3.63) is 18.2 Å². The summed E-state index contributed by atoms with van der Waals surface area (Å²) in [6.07, 6.45) is 26.7. The van der Waals surface area contributed by atoms with Crippen LogP contribution in [0.5, 0.6) is 0 Å². The van der Waals surface area contributed by atoms with E-state index < -0.39 is 0 Å². The Bertz CT molecular complexity index is 410. The predicted octanol–water partition coefficient (Wildman–Crippen LogP) is 7.69. The van der Waals surface area contributed by atoms with Crippen LogP contribution in [-0.4, -0.2) is 4.98 Å². The Kier molecular flexibility index (Phi) is 14.7. The summed E-state index contributed by atoms with van der Waals surface area (Å²) >= 11 is 0. The first-order valence-corrected chi connectivity index (χ1v) is 11.9. The molecule has 1 heterocycles. The summed E-state index contributed by atoms with van der Waals surface area (Å²) in [6.45, 7) is 8.04. The van der Waals surface area contributed by atoms with E-state index in [-0.39, 0.29) is 0 Å². The summed E-state index contributed by atoms with van der Waals surface area (Å²) in [5.41, 5.74) is 0. The van der Waals surface area contributed by atoms with E-state index in [2.05, 4.69) is 42.7 Å². The van der Waals surface area contributed by atoms with Crippen LogP contribution in [0.2, 0.25) is 0 Å². The fraction of sp³-hybridized carbons (Fsp3) is 0.875. The van der Waals surface area contributed by atoms with E-state index >= 15 is 0 Å². The minimum absolute atomic E-state index is 0.735. The molecule has 1 N–H and O–H groups in total. The molecular weight excluding hydrogens is 316 g/mol. The summed E-state index contributed by atoms with van der Waals surface area (Å²) in [5, 5.41) is 0. The van der Waals surface area contributed by atoms with Gasteiger partial charge in [0, 0.05) is 0 Å². The lowest BCUT2D eigenvalue weighted by molar-refractivity contribution is -0.704. The van der Waals surface area contributed by atoms with E-state index in [0.29, 0.717) is 0 Å². The molecule has 1 rings (SSSR count). The number of nitrogens with one attached hydrogen (secondary N) is 1. The minimum atomic E-state index is 0.735. The molecule has 0 aliphatic carbocycles. The van der Waals surface area contributed by atoms with Crippen molar-refractivity contribution in [3.63, 3.8) is 0 Å². The van der Waals surface area contributed by atoms with Gasteiger partial charge in [0.25, 0.3) is 5.82 Å². The molecule has 2 heteroatoms. The van der Waals surface area contributed by atoms with Crippen molar-refractivity contribution in [3.8, 4) is 0 Å². The molecule has 0 fully saturated rings. The number of aromatic amines is 1. The normalized spacial score (nSPS) is 12.6. The molecule has 1 aromatic rings. The Morgan fingerprint density at radius 1 is 0.692 bits per heavy atom. The van der Waals surface area contributed by atoms with Gasteiger partial charge in [-0.25, -0.2) is 9.55 Å². The minimum Gasteiger partial charge on any atom is -0.247 e. The van der Waals surface area contributed by atoms with Gasteiger partial charge in [0.15, 0.2) is 0 Å². The highest BCUT2D eigenvalue weighted by atomic mass is 15.1. The average Bonchev–Trinajstić information content (AvgIpc) is 3.10. The summed E-state index contributed by atoms with van der Waals surface area (Å²) in [4.78, 5) is 3.58. The fourth-order valence-electron chi connectivity index (χ4n) is 4.10. The second-order valence-corrected chi connectivity index (χ2v) is 8.20. The zero-order valence-corrected chi connectivity index (χ0v) is 18.2. The van der Waals surface area contributed by atoms with Crippen molar-refractivity contribution in [2.24, 2.45) is 0 Å². The van der Waals surface area contributed by atoms with Gasteiger partial charge in [-0.2, -0.15) is 0 Å². The smallest absolute Gasteiger partial charge is 0.247 e. The molecule has 0 bridgehead atoms. The van der Waals surface area contributed by atoms with Gasteiger partial charge in [-0.1, -0.05) is 104 Å². The first kappa shape index (κ1) is 23.2. The van der Waals surface area contributed by atoms with E-state index in [4.69, 9.17) is 0 Å². The molecule has 0 aromatic carbocycles. The molecule has 0 radical (unpaired) electrons.